The maximum atomic E-state index is 12.9. The van der Waals surface area contributed by atoms with Crippen LogP contribution < -0.4 is 21.3 Å². The average Bonchev–Trinajstić information content (AvgIpc) is 1.22. The number of benzene rings is 4. The minimum atomic E-state index is -0.220. The van der Waals surface area contributed by atoms with Gasteiger partial charge in [0.05, 0.1) is 81.8 Å². The van der Waals surface area contributed by atoms with Gasteiger partial charge in [-0.2, -0.15) is 0 Å². The molecular formula is C75H71Br4N17O7S5. The third-order valence-electron chi connectivity index (χ3n) is 15.9. The van der Waals surface area contributed by atoms with Gasteiger partial charge in [0.15, 0.2) is 0 Å². The SMILES string of the molecule is CN(C)C(=O)c1cccc(Nc2nccc(-c3ccc(Br)s3)n2)c1.CN(C)CCSC(=O)c1cccc(Nc2nccc(-c3ccc(Br)s3)n2)c1.CN1CCN(C(=O)c2cc(Nc3nccc(-c4ccc(Br)s4)n3)ccc2O)CC1.O=C(c1cc(Nc2nccc(-c3ccc(Br)s3)n2)ccc1O)N1CCOCC1. The number of amides is 3. The van der Waals surface area contributed by atoms with Crippen molar-refractivity contribution in [3.8, 4) is 53.8 Å². The first kappa shape index (κ1) is 80.1. The minimum Gasteiger partial charge on any atom is -0.507 e. The molecule has 10 heterocycles. The van der Waals surface area contributed by atoms with Crippen LogP contribution in [0.4, 0.5) is 46.5 Å². The van der Waals surface area contributed by atoms with Gasteiger partial charge in [-0.15, -0.1) is 45.3 Å². The van der Waals surface area contributed by atoms with E-state index in [-0.39, 0.29) is 45.5 Å². The molecule has 14 rings (SSSR count). The van der Waals surface area contributed by atoms with Crippen LogP contribution in [0.2, 0.25) is 0 Å². The Morgan fingerprint density at radius 3 is 1.19 bits per heavy atom. The maximum absolute atomic E-state index is 12.9. The van der Waals surface area contributed by atoms with Crippen molar-refractivity contribution < 1.29 is 34.1 Å². The minimum absolute atomic E-state index is 0.0300. The van der Waals surface area contributed by atoms with Crippen LogP contribution in [0.25, 0.3) is 42.3 Å². The largest absolute Gasteiger partial charge is 0.507 e. The summed E-state index contributed by atoms with van der Waals surface area (Å²) < 4.78 is 9.46. The Labute approximate surface area is 677 Å². The van der Waals surface area contributed by atoms with Gasteiger partial charge in [-0.3, -0.25) is 19.2 Å². The van der Waals surface area contributed by atoms with E-state index in [1.807, 2.05) is 130 Å². The summed E-state index contributed by atoms with van der Waals surface area (Å²) in [5, 5.41) is 33.0. The quantitative estimate of drug-likeness (QED) is 0.0410. The number of carbonyl (C=O) groups excluding carboxylic acids is 4. The zero-order chi connectivity index (χ0) is 76.2. The summed E-state index contributed by atoms with van der Waals surface area (Å²) in [7, 11) is 9.49. The third-order valence-corrected chi connectivity index (χ3v) is 23.3. The molecule has 2 saturated heterocycles. The molecule has 8 aromatic heterocycles. The number of rotatable bonds is 19. The van der Waals surface area contributed by atoms with Gasteiger partial charge in [0.1, 0.15) is 11.5 Å². The number of hydrogen-bond acceptors (Lipinski definition) is 26. The van der Waals surface area contributed by atoms with Gasteiger partial charge in [0, 0.05) is 124 Å². The fraction of sp³-hybridized carbons (Fsp3) is 0.200. The van der Waals surface area contributed by atoms with Crippen LogP contribution in [0.3, 0.4) is 0 Å². The van der Waals surface area contributed by atoms with Gasteiger partial charge in [-0.1, -0.05) is 30.0 Å². The number of likely N-dealkylation sites (N-methyl/N-ethyl adjacent to an activating group) is 1. The highest BCUT2D eigenvalue weighted by atomic mass is 79.9. The van der Waals surface area contributed by atoms with Crippen LogP contribution in [-0.4, -0.2) is 197 Å². The molecule has 33 heteroatoms. The van der Waals surface area contributed by atoms with Crippen LogP contribution in [0.15, 0.2) is 198 Å². The summed E-state index contributed by atoms with van der Waals surface area (Å²) in [6.45, 7) is 5.84. The highest BCUT2D eigenvalue weighted by molar-refractivity contribution is 9.11. The molecule has 108 heavy (non-hydrogen) atoms. The zero-order valence-corrected chi connectivity index (χ0v) is 69.1. The maximum Gasteiger partial charge on any atom is 0.257 e. The normalized spacial score (nSPS) is 12.7. The second-order valence-electron chi connectivity index (χ2n) is 24.2. The van der Waals surface area contributed by atoms with E-state index in [2.05, 4.69) is 135 Å². The molecule has 0 spiro atoms. The number of morpholine rings is 1. The van der Waals surface area contributed by atoms with Crippen molar-refractivity contribution in [3.05, 3.63) is 220 Å². The lowest BCUT2D eigenvalue weighted by Crippen LogP contribution is -2.47. The number of nitrogens with zero attached hydrogens (tertiary/aromatic N) is 13. The predicted octanol–water partition coefficient (Wildman–Crippen LogP) is 17.3. The molecule has 0 aliphatic carbocycles. The second-order valence-corrected chi connectivity index (χ2v) is 35.2. The molecule has 6 N–H and O–H groups in total. The number of aromatic nitrogens is 8. The van der Waals surface area contributed by atoms with Crippen LogP contribution in [-0.2, 0) is 4.74 Å². The van der Waals surface area contributed by atoms with E-state index in [4.69, 9.17) is 4.74 Å². The van der Waals surface area contributed by atoms with E-state index < -0.39 is 0 Å². The van der Waals surface area contributed by atoms with E-state index in [1.165, 1.54) is 23.9 Å². The first-order valence-corrected chi connectivity index (χ1v) is 40.7. The molecule has 12 aromatic rings. The molecule has 556 valence electrons. The van der Waals surface area contributed by atoms with Gasteiger partial charge >= 0.3 is 0 Å². The molecule has 2 aliphatic heterocycles. The molecule has 2 fully saturated rings. The Balaban J connectivity index is 0.000000144. The summed E-state index contributed by atoms with van der Waals surface area (Å²) in [6.07, 6.45) is 6.81. The summed E-state index contributed by atoms with van der Waals surface area (Å²) in [5.74, 6) is 2.08. The van der Waals surface area contributed by atoms with Crippen LogP contribution in [0, 0.1) is 0 Å². The number of carbonyl (C=O) groups is 4. The highest BCUT2D eigenvalue weighted by Gasteiger charge is 2.25. The Hall–Kier alpha value is -8.97. The van der Waals surface area contributed by atoms with Gasteiger partial charge in [0.25, 0.3) is 17.7 Å². The molecule has 2 aliphatic rings. The van der Waals surface area contributed by atoms with Crippen LogP contribution in [0.1, 0.15) is 41.4 Å². The number of thiophene rings is 4. The van der Waals surface area contributed by atoms with Crippen LogP contribution >= 0.6 is 121 Å². The molecule has 0 atom stereocenters. The van der Waals surface area contributed by atoms with E-state index in [1.54, 1.807) is 135 Å². The molecule has 0 saturated carbocycles. The number of phenolic OH excluding ortho intramolecular Hbond substituents is 2. The molecule has 0 unspecified atom stereocenters. The average molecular weight is 1800 g/mol. The lowest BCUT2D eigenvalue weighted by Gasteiger charge is -2.32. The Kier molecular flexibility index (Phi) is 28.8. The van der Waals surface area contributed by atoms with E-state index in [0.717, 1.165) is 94.2 Å². The predicted molar refractivity (Wildman–Crippen MR) is 448 cm³/mol. The fourth-order valence-corrected chi connectivity index (χ4v) is 16.7. The monoisotopic (exact) mass is 1800 g/mol. The first-order chi connectivity index (χ1) is 52.1. The van der Waals surface area contributed by atoms with Gasteiger partial charge in [0.2, 0.25) is 28.9 Å². The number of nitrogens with one attached hydrogen (secondary N) is 4. The van der Waals surface area contributed by atoms with Gasteiger partial charge in [-0.05, 0) is 224 Å². The van der Waals surface area contributed by atoms with Crippen molar-refractivity contribution in [2.45, 2.75) is 0 Å². The molecule has 0 bridgehead atoms. The molecule has 3 amide bonds. The van der Waals surface area contributed by atoms with Crippen molar-refractivity contribution in [2.75, 3.05) is 121 Å². The Morgan fingerprint density at radius 2 is 0.824 bits per heavy atom. The smallest absolute Gasteiger partial charge is 0.257 e. The highest BCUT2D eigenvalue weighted by Crippen LogP contribution is 2.36. The number of hydrogen-bond donors (Lipinski definition) is 6. The van der Waals surface area contributed by atoms with E-state index in [0.29, 0.717) is 85.7 Å². The van der Waals surface area contributed by atoms with E-state index >= 15 is 0 Å². The second kappa shape index (κ2) is 38.9. The topological polar surface area (TPSA) is 285 Å². The van der Waals surface area contributed by atoms with Crippen LogP contribution in [0.5, 0.6) is 11.5 Å². The fourth-order valence-electron chi connectivity index (χ4n) is 10.4. The number of thioether (sulfide) groups is 1. The number of phenols is 2. The number of ether oxygens (including phenoxy) is 1. The first-order valence-electron chi connectivity index (χ1n) is 33.3. The Morgan fingerprint density at radius 1 is 0.463 bits per heavy atom. The van der Waals surface area contributed by atoms with Gasteiger partial charge < -0.3 is 60.7 Å². The summed E-state index contributed by atoms with van der Waals surface area (Å²) in [6, 6.07) is 47.8. The summed E-state index contributed by atoms with van der Waals surface area (Å²) in [4.78, 5) is 98.6. The van der Waals surface area contributed by atoms with Gasteiger partial charge in [-0.25, -0.2) is 39.9 Å². The number of halogens is 4. The number of anilines is 8. The third kappa shape index (κ3) is 23.0. The van der Waals surface area contributed by atoms with Crippen molar-refractivity contribution in [1.82, 2.24) is 64.4 Å². The molecule has 4 aromatic carbocycles. The lowest BCUT2D eigenvalue weighted by atomic mass is 10.1. The Bertz CT molecular complexity index is 5090. The summed E-state index contributed by atoms with van der Waals surface area (Å²) >= 11 is 21.6. The lowest BCUT2D eigenvalue weighted by molar-refractivity contribution is 0.0301. The van der Waals surface area contributed by atoms with Crippen molar-refractivity contribution in [3.63, 3.8) is 0 Å². The standard InChI is InChI=1S/C20H20BrN5O2S.C19H17BrN4O3S.C19H19BrN4OS2.C17H15BrN4OS/c1-25-8-10-26(11-9-25)19(28)14-12-13(2-3-16(14)27)23-20-22-7-6-15(24-20)17-4-5-18(21)29-17;20-17-4-3-16(28-17)14-5-6-21-19(23-14)22-12-1-2-15(25)13(11-12)18(26)24-7-9-27-10-8-24;1-24(2)10-11-26-18(25)13-4-3-5-14(12-13)22-19-21-9-8-15(23-19)16-6-7-17(20)27-16;1-22(2)16(23)11-4-3-5-12(10-11)20-17-19-9-8-13(21-17)14-6-7-15(18)24-14/h2-7,12,27H,8-11H2,1H3,(H,22,23,24);1-6,11,25H,7-10H2,(H,21,22,23);3-9,12H,10-11H2,1-2H3,(H,21,22,23);3-10H,1-2H3,(H,19,20,21). The zero-order valence-electron chi connectivity index (χ0n) is 58.7. The van der Waals surface area contributed by atoms with Crippen molar-refractivity contribution in [2.24, 2.45) is 0 Å². The van der Waals surface area contributed by atoms with Crippen molar-refractivity contribution in [1.29, 1.82) is 0 Å². The van der Waals surface area contributed by atoms with E-state index in [9.17, 15) is 29.4 Å². The molecule has 0 radical (unpaired) electrons. The number of piperazine rings is 1. The molecular weight excluding hydrogens is 1730 g/mol. The number of aromatic hydroxyl groups is 2. The van der Waals surface area contributed by atoms with Crippen molar-refractivity contribution >= 4 is 190 Å². The molecule has 24 nitrogen and oxygen atoms in total. The summed E-state index contributed by atoms with van der Waals surface area (Å²) in [5.41, 5.74) is 7.95.